The molecule has 6 aromatic rings. The van der Waals surface area contributed by atoms with E-state index in [1.807, 2.05) is 36.4 Å². The SMILES string of the molecule is COc1cc(OC)c(Cl)c(NC(=O)N(C)c2cc(Nc3ccc(N4CCN(CCC(=O)O)CC4)cc3)ncn2)c1Cl.COc1cc(OC)c(Cl)c(NC(=O)N(C)c2cc(Nc3ccc(N4CCNCC4)cc3)ncn2)c1Cl. The molecule has 0 saturated carbocycles. The Morgan fingerprint density at radius 2 is 0.948 bits per heavy atom. The van der Waals surface area contributed by atoms with E-state index in [4.69, 9.17) is 70.5 Å². The molecule has 0 spiro atoms. The number of aromatic nitrogens is 4. The van der Waals surface area contributed by atoms with Gasteiger partial charge in [0.1, 0.15) is 79.0 Å². The smallest absolute Gasteiger partial charge is 0.327 e. The molecule has 408 valence electrons. The van der Waals surface area contributed by atoms with Gasteiger partial charge in [0.15, 0.2) is 0 Å². The summed E-state index contributed by atoms with van der Waals surface area (Å²) in [5.74, 6) is 2.17. The van der Waals surface area contributed by atoms with Crippen LogP contribution in [-0.2, 0) is 4.79 Å². The number of piperazine rings is 2. The Balaban J connectivity index is 0.000000225. The summed E-state index contributed by atoms with van der Waals surface area (Å²) in [7, 11) is 8.94. The number of carbonyl (C=O) groups is 3. The molecule has 6 N–H and O–H groups in total. The number of anilines is 10. The van der Waals surface area contributed by atoms with Gasteiger partial charge in [0.2, 0.25) is 0 Å². The molecular formula is C51H58Cl4N14O8. The highest BCUT2D eigenvalue weighted by atomic mass is 35.5. The Bertz CT molecular complexity index is 2950. The number of rotatable bonds is 17. The number of hydrogen-bond acceptors (Lipinski definition) is 17. The summed E-state index contributed by atoms with van der Waals surface area (Å²) in [4.78, 5) is 63.2. The molecule has 22 nitrogen and oxygen atoms in total. The van der Waals surface area contributed by atoms with Crippen LogP contribution in [0.3, 0.4) is 0 Å². The number of benzene rings is 4. The third-order valence-corrected chi connectivity index (χ3v) is 13.9. The Morgan fingerprint density at radius 1 is 0.571 bits per heavy atom. The van der Waals surface area contributed by atoms with Crippen molar-refractivity contribution >= 4 is 122 Å². The number of amides is 4. The molecule has 2 aliphatic rings. The Hall–Kier alpha value is -7.47. The van der Waals surface area contributed by atoms with E-state index < -0.39 is 18.0 Å². The molecule has 4 aromatic carbocycles. The number of carbonyl (C=O) groups excluding carboxylic acids is 2. The lowest BCUT2D eigenvalue weighted by molar-refractivity contribution is -0.137. The molecule has 0 radical (unpaired) electrons. The molecule has 2 fully saturated rings. The fraction of sp³-hybridized carbons (Fsp3) is 0.314. The number of aliphatic carboxylic acids is 1. The number of nitrogens with zero attached hydrogens (tertiary/aromatic N) is 9. The summed E-state index contributed by atoms with van der Waals surface area (Å²) in [6.45, 7) is 7.79. The second-order valence-corrected chi connectivity index (χ2v) is 18.6. The number of carboxylic acids is 1. The average Bonchev–Trinajstić information content (AvgIpc) is 3.46. The first-order valence-corrected chi connectivity index (χ1v) is 25.4. The summed E-state index contributed by atoms with van der Waals surface area (Å²) in [6.07, 6.45) is 2.89. The zero-order valence-corrected chi connectivity index (χ0v) is 46.0. The molecule has 0 atom stereocenters. The van der Waals surface area contributed by atoms with Crippen LogP contribution < -0.4 is 65.1 Å². The summed E-state index contributed by atoms with van der Waals surface area (Å²) in [5.41, 5.74) is 4.26. The first-order valence-electron chi connectivity index (χ1n) is 23.9. The van der Waals surface area contributed by atoms with Gasteiger partial charge in [-0.2, -0.15) is 0 Å². The standard InChI is InChI=1S/C27H31Cl2N7O5.C24H27Cl2N7O3/c1-34(27(39)33-26-24(28)19(40-2)14-20(41-3)25(26)29)22-15-21(30-16-31-22)32-17-4-6-18(7-5-17)36-12-10-35(11-13-36)9-8-23(37)38;1-32(24(34)31-23-21(25)17(35-2)12-18(36-3)22(23)26)20-13-19(28-14-29-20)30-15-4-6-16(7-5-15)33-10-8-27-9-11-33/h4-7,14-16H,8-13H2,1-3H3,(H,33,39)(H,37,38)(H,30,31,32);4-7,12-14,27H,8-11H2,1-3H3,(H,31,34)(H,28,29,30). The number of ether oxygens (including phenoxy) is 4. The number of urea groups is 2. The van der Waals surface area contributed by atoms with Crippen LogP contribution in [0.1, 0.15) is 6.42 Å². The molecule has 0 aliphatic carbocycles. The van der Waals surface area contributed by atoms with Crippen LogP contribution in [0, 0.1) is 0 Å². The van der Waals surface area contributed by atoms with E-state index >= 15 is 0 Å². The van der Waals surface area contributed by atoms with Crippen molar-refractivity contribution in [3.63, 3.8) is 0 Å². The molecule has 26 heteroatoms. The van der Waals surface area contributed by atoms with E-state index in [9.17, 15) is 14.4 Å². The van der Waals surface area contributed by atoms with Crippen LogP contribution >= 0.6 is 46.4 Å². The number of nitrogens with one attached hydrogen (secondary N) is 5. The largest absolute Gasteiger partial charge is 0.495 e. The van der Waals surface area contributed by atoms with Crippen LogP contribution in [0.5, 0.6) is 23.0 Å². The lowest BCUT2D eigenvalue weighted by atomic mass is 10.2. The monoisotopic (exact) mass is 1130 g/mol. The Kier molecular flexibility index (Phi) is 20.1. The van der Waals surface area contributed by atoms with Crippen molar-refractivity contribution in [3.05, 3.63) is 106 Å². The summed E-state index contributed by atoms with van der Waals surface area (Å²) < 4.78 is 21.0. The highest BCUT2D eigenvalue weighted by Crippen LogP contribution is 2.45. The molecular weight excluding hydrogens is 1080 g/mol. The zero-order valence-electron chi connectivity index (χ0n) is 43.0. The van der Waals surface area contributed by atoms with Crippen molar-refractivity contribution in [2.45, 2.75) is 6.42 Å². The van der Waals surface area contributed by atoms with E-state index in [2.05, 4.69) is 73.4 Å². The first kappa shape index (κ1) is 57.2. The Morgan fingerprint density at radius 3 is 1.31 bits per heavy atom. The van der Waals surface area contributed by atoms with Gasteiger partial charge in [0, 0.05) is 120 Å². The van der Waals surface area contributed by atoms with Gasteiger partial charge in [0.25, 0.3) is 0 Å². The maximum absolute atomic E-state index is 13.1. The Labute approximate surface area is 465 Å². The zero-order chi connectivity index (χ0) is 55.2. The van der Waals surface area contributed by atoms with Crippen LogP contribution in [0.4, 0.5) is 67.0 Å². The molecule has 77 heavy (non-hydrogen) atoms. The number of hydrogen-bond donors (Lipinski definition) is 6. The van der Waals surface area contributed by atoms with Crippen LogP contribution in [0.15, 0.2) is 85.5 Å². The molecule has 4 heterocycles. The maximum atomic E-state index is 13.1. The topological polar surface area (TPSA) is 236 Å². The van der Waals surface area contributed by atoms with Crippen molar-refractivity contribution in [2.75, 3.05) is 142 Å². The highest BCUT2D eigenvalue weighted by Gasteiger charge is 2.24. The van der Waals surface area contributed by atoms with E-state index in [0.717, 1.165) is 69.4 Å². The summed E-state index contributed by atoms with van der Waals surface area (Å²) >= 11 is 25.5. The maximum Gasteiger partial charge on any atom is 0.327 e. The van der Waals surface area contributed by atoms with Gasteiger partial charge in [-0.1, -0.05) is 46.4 Å². The molecule has 4 amide bonds. The normalized spacial score (nSPS) is 13.3. The van der Waals surface area contributed by atoms with Crippen molar-refractivity contribution in [3.8, 4) is 23.0 Å². The average molecular weight is 1140 g/mol. The number of halogens is 4. The molecule has 2 aliphatic heterocycles. The van der Waals surface area contributed by atoms with Crippen molar-refractivity contribution < 1.29 is 38.4 Å². The molecule has 2 aromatic heterocycles. The van der Waals surface area contributed by atoms with Gasteiger partial charge in [-0.15, -0.1) is 0 Å². The number of methoxy groups -OCH3 is 4. The molecule has 0 unspecified atom stereocenters. The van der Waals surface area contributed by atoms with Gasteiger partial charge in [-0.05, 0) is 48.5 Å². The third kappa shape index (κ3) is 14.7. The van der Waals surface area contributed by atoms with Crippen LogP contribution in [-0.4, -0.2) is 149 Å². The van der Waals surface area contributed by atoms with Gasteiger partial charge in [0.05, 0.1) is 46.2 Å². The minimum atomic E-state index is -0.773. The molecule has 8 rings (SSSR count). The van der Waals surface area contributed by atoms with Crippen molar-refractivity contribution in [1.82, 2.24) is 30.2 Å². The quantitative estimate of drug-likeness (QED) is 0.0499. The predicted molar refractivity (Wildman–Crippen MR) is 303 cm³/mol. The minimum absolute atomic E-state index is 0.133. The van der Waals surface area contributed by atoms with Gasteiger partial charge in [-0.25, -0.2) is 29.5 Å². The van der Waals surface area contributed by atoms with Gasteiger partial charge < -0.3 is 60.4 Å². The highest BCUT2D eigenvalue weighted by molar-refractivity contribution is 6.42. The molecule has 2 saturated heterocycles. The minimum Gasteiger partial charge on any atom is -0.495 e. The fourth-order valence-corrected chi connectivity index (χ4v) is 9.18. The molecule has 0 bridgehead atoms. The van der Waals surface area contributed by atoms with Gasteiger partial charge in [-0.3, -0.25) is 19.5 Å². The second-order valence-electron chi connectivity index (χ2n) is 17.1. The van der Waals surface area contributed by atoms with E-state index in [1.165, 1.54) is 62.6 Å². The van der Waals surface area contributed by atoms with E-state index in [-0.39, 0.29) is 37.9 Å². The van der Waals surface area contributed by atoms with E-state index in [0.29, 0.717) is 52.8 Å². The summed E-state index contributed by atoms with van der Waals surface area (Å²) in [6, 6.07) is 21.4. The van der Waals surface area contributed by atoms with Crippen molar-refractivity contribution in [1.29, 1.82) is 0 Å². The summed E-state index contributed by atoms with van der Waals surface area (Å²) in [5, 5.41) is 24.7. The second kappa shape index (κ2) is 27.0. The lowest BCUT2D eigenvalue weighted by Crippen LogP contribution is -2.46. The van der Waals surface area contributed by atoms with Gasteiger partial charge >= 0.3 is 18.0 Å². The lowest BCUT2D eigenvalue weighted by Gasteiger charge is -2.36. The third-order valence-electron chi connectivity index (χ3n) is 12.4. The predicted octanol–water partition coefficient (Wildman–Crippen LogP) is 9.43. The van der Waals surface area contributed by atoms with Crippen molar-refractivity contribution in [2.24, 2.45) is 0 Å². The number of carboxylic acid groups (broad SMARTS) is 1. The fourth-order valence-electron chi connectivity index (χ4n) is 7.99. The van der Waals surface area contributed by atoms with Crippen LogP contribution in [0.2, 0.25) is 20.1 Å². The van der Waals surface area contributed by atoms with E-state index in [1.54, 1.807) is 32.3 Å². The van der Waals surface area contributed by atoms with Crippen LogP contribution in [0.25, 0.3) is 0 Å². The first-order chi connectivity index (χ1) is 37.1.